The molecule has 118 valence electrons. The summed E-state index contributed by atoms with van der Waals surface area (Å²) in [5, 5.41) is 1.79. The van der Waals surface area contributed by atoms with Gasteiger partial charge in [-0.1, -0.05) is 17.7 Å². The Hall–Kier alpha value is -1.20. The Kier molecular flexibility index (Phi) is 4.93. The molecular weight excluding hydrogens is 298 g/mol. The number of pyridine rings is 1. The third kappa shape index (κ3) is 3.58. The smallest absolute Gasteiger partial charge is 0.0829 e. The molecule has 2 heterocycles. The molecule has 1 aromatic carbocycles. The predicted octanol–water partition coefficient (Wildman–Crippen LogP) is 2.65. The van der Waals surface area contributed by atoms with Crippen LogP contribution >= 0.6 is 11.6 Å². The largest absolute Gasteiger partial charge is 0.374 e. The van der Waals surface area contributed by atoms with Gasteiger partial charge in [-0.15, -0.1) is 0 Å². The van der Waals surface area contributed by atoms with Crippen molar-refractivity contribution in [1.29, 1.82) is 0 Å². The molecule has 1 saturated heterocycles. The monoisotopic (exact) mass is 319 g/mol. The van der Waals surface area contributed by atoms with Gasteiger partial charge in [0.25, 0.3) is 0 Å². The van der Waals surface area contributed by atoms with E-state index in [1.807, 2.05) is 24.4 Å². The van der Waals surface area contributed by atoms with Crippen LogP contribution in [0.1, 0.15) is 5.56 Å². The quantitative estimate of drug-likeness (QED) is 0.866. The van der Waals surface area contributed by atoms with E-state index >= 15 is 0 Å². The second-order valence-electron chi connectivity index (χ2n) is 6.10. The highest BCUT2D eigenvalue weighted by Gasteiger charge is 2.21. The summed E-state index contributed by atoms with van der Waals surface area (Å²) in [6.45, 7) is 4.54. The maximum Gasteiger partial charge on any atom is 0.0829 e. The van der Waals surface area contributed by atoms with Crippen molar-refractivity contribution >= 4 is 22.5 Å². The van der Waals surface area contributed by atoms with Crippen molar-refractivity contribution < 1.29 is 4.74 Å². The van der Waals surface area contributed by atoms with Crippen molar-refractivity contribution in [1.82, 2.24) is 14.8 Å². The van der Waals surface area contributed by atoms with Gasteiger partial charge >= 0.3 is 0 Å². The van der Waals surface area contributed by atoms with E-state index in [1.54, 1.807) is 0 Å². The lowest BCUT2D eigenvalue weighted by Crippen LogP contribution is -2.45. The molecule has 2 aromatic rings. The van der Waals surface area contributed by atoms with E-state index in [0.29, 0.717) is 0 Å². The number of rotatable bonds is 4. The van der Waals surface area contributed by atoms with E-state index in [1.165, 1.54) is 5.56 Å². The van der Waals surface area contributed by atoms with Gasteiger partial charge in [0, 0.05) is 42.8 Å². The molecule has 0 spiro atoms. The van der Waals surface area contributed by atoms with Crippen LogP contribution in [0.15, 0.2) is 30.5 Å². The molecule has 1 aromatic heterocycles. The minimum absolute atomic E-state index is 0.273. The molecule has 0 amide bonds. The Balaban J connectivity index is 1.77. The van der Waals surface area contributed by atoms with Crippen molar-refractivity contribution in [2.45, 2.75) is 12.6 Å². The number of hydrogen-bond donors (Lipinski definition) is 0. The molecule has 1 aliphatic heterocycles. The van der Waals surface area contributed by atoms with Gasteiger partial charge in [-0.05, 0) is 37.9 Å². The first-order chi connectivity index (χ1) is 10.6. The molecule has 22 heavy (non-hydrogen) atoms. The summed E-state index contributed by atoms with van der Waals surface area (Å²) in [6, 6.07) is 8.02. The van der Waals surface area contributed by atoms with Gasteiger partial charge in [0.05, 0.1) is 18.2 Å². The predicted molar refractivity (Wildman–Crippen MR) is 90.3 cm³/mol. The summed E-state index contributed by atoms with van der Waals surface area (Å²) < 4.78 is 5.84. The molecular formula is C17H22ClN3O. The van der Waals surface area contributed by atoms with Gasteiger partial charge in [0.15, 0.2) is 0 Å². The third-order valence-electron chi connectivity index (χ3n) is 3.99. The molecule has 0 radical (unpaired) electrons. The standard InChI is InChI=1S/C17H22ClN3O/c1-20(2)11-14-12-21(8-9-22-14)10-13-5-6-16(18)15-4-3-7-19-17(13)15/h3-7,14H,8-12H2,1-2H3/t14-/m1/s1. The van der Waals surface area contributed by atoms with Crippen LogP contribution < -0.4 is 0 Å². The lowest BCUT2D eigenvalue weighted by Gasteiger charge is -2.34. The Bertz CT molecular complexity index is 647. The van der Waals surface area contributed by atoms with Gasteiger partial charge in [0.1, 0.15) is 0 Å². The number of halogens is 1. The summed E-state index contributed by atoms with van der Waals surface area (Å²) in [6.07, 6.45) is 2.10. The molecule has 0 saturated carbocycles. The average Bonchev–Trinajstić information content (AvgIpc) is 2.50. The first-order valence-electron chi connectivity index (χ1n) is 7.64. The minimum atomic E-state index is 0.273. The summed E-state index contributed by atoms with van der Waals surface area (Å²) >= 11 is 6.27. The van der Waals surface area contributed by atoms with E-state index in [-0.39, 0.29) is 6.10 Å². The molecule has 1 fully saturated rings. The number of hydrogen-bond acceptors (Lipinski definition) is 4. The fraction of sp³-hybridized carbons (Fsp3) is 0.471. The SMILES string of the molecule is CN(C)C[C@@H]1CN(Cc2ccc(Cl)c3cccnc23)CCO1. The minimum Gasteiger partial charge on any atom is -0.374 e. The van der Waals surface area contributed by atoms with E-state index < -0.39 is 0 Å². The van der Waals surface area contributed by atoms with Crippen molar-refractivity contribution in [3.05, 3.63) is 41.0 Å². The number of benzene rings is 1. The summed E-state index contributed by atoms with van der Waals surface area (Å²) in [5.74, 6) is 0. The highest BCUT2D eigenvalue weighted by atomic mass is 35.5. The molecule has 0 N–H and O–H groups in total. The highest BCUT2D eigenvalue weighted by Crippen LogP contribution is 2.26. The van der Waals surface area contributed by atoms with Gasteiger partial charge in [-0.2, -0.15) is 0 Å². The van der Waals surface area contributed by atoms with Crippen LogP contribution in [0.25, 0.3) is 10.9 Å². The Labute approximate surface area is 136 Å². The van der Waals surface area contributed by atoms with E-state index in [0.717, 1.165) is 48.7 Å². The van der Waals surface area contributed by atoms with Crippen LogP contribution in [0.5, 0.6) is 0 Å². The molecule has 1 aliphatic rings. The number of aromatic nitrogens is 1. The van der Waals surface area contributed by atoms with Crippen LogP contribution in [-0.4, -0.2) is 61.2 Å². The fourth-order valence-electron chi connectivity index (χ4n) is 3.01. The van der Waals surface area contributed by atoms with Crippen LogP contribution in [0, 0.1) is 0 Å². The van der Waals surface area contributed by atoms with Crippen molar-refractivity contribution in [2.75, 3.05) is 40.3 Å². The van der Waals surface area contributed by atoms with Crippen LogP contribution in [0.2, 0.25) is 5.02 Å². The van der Waals surface area contributed by atoms with Gasteiger partial charge < -0.3 is 9.64 Å². The molecule has 0 unspecified atom stereocenters. The summed E-state index contributed by atoms with van der Waals surface area (Å²) in [4.78, 5) is 9.14. The Morgan fingerprint density at radius 1 is 1.36 bits per heavy atom. The zero-order chi connectivity index (χ0) is 15.5. The lowest BCUT2D eigenvalue weighted by molar-refractivity contribution is -0.0405. The van der Waals surface area contributed by atoms with Crippen LogP contribution in [0.4, 0.5) is 0 Å². The molecule has 3 rings (SSSR count). The van der Waals surface area contributed by atoms with Gasteiger partial charge in [-0.3, -0.25) is 9.88 Å². The number of likely N-dealkylation sites (N-methyl/N-ethyl adjacent to an activating group) is 1. The fourth-order valence-corrected chi connectivity index (χ4v) is 3.22. The molecule has 4 nitrogen and oxygen atoms in total. The summed E-state index contributed by atoms with van der Waals surface area (Å²) in [7, 11) is 4.16. The Morgan fingerprint density at radius 2 is 2.23 bits per heavy atom. The molecule has 5 heteroatoms. The maximum atomic E-state index is 6.27. The second-order valence-corrected chi connectivity index (χ2v) is 6.50. The topological polar surface area (TPSA) is 28.6 Å². The molecule has 1 atom stereocenters. The van der Waals surface area contributed by atoms with Crippen molar-refractivity contribution in [3.8, 4) is 0 Å². The first kappa shape index (κ1) is 15.7. The van der Waals surface area contributed by atoms with Crippen LogP contribution in [0.3, 0.4) is 0 Å². The van der Waals surface area contributed by atoms with E-state index in [2.05, 4.69) is 34.9 Å². The molecule has 0 aliphatic carbocycles. The Morgan fingerprint density at radius 3 is 3.05 bits per heavy atom. The van der Waals surface area contributed by atoms with E-state index in [9.17, 15) is 0 Å². The number of ether oxygens (including phenoxy) is 1. The zero-order valence-corrected chi connectivity index (χ0v) is 13.9. The summed E-state index contributed by atoms with van der Waals surface area (Å²) in [5.41, 5.74) is 2.23. The van der Waals surface area contributed by atoms with Crippen LogP contribution in [-0.2, 0) is 11.3 Å². The highest BCUT2D eigenvalue weighted by molar-refractivity contribution is 6.35. The molecule has 0 bridgehead atoms. The van der Waals surface area contributed by atoms with Crippen molar-refractivity contribution in [2.24, 2.45) is 0 Å². The normalized spacial score (nSPS) is 19.9. The van der Waals surface area contributed by atoms with Gasteiger partial charge in [0.2, 0.25) is 0 Å². The second kappa shape index (κ2) is 6.92. The lowest BCUT2D eigenvalue weighted by atomic mass is 10.1. The zero-order valence-electron chi connectivity index (χ0n) is 13.1. The maximum absolute atomic E-state index is 6.27. The first-order valence-corrected chi connectivity index (χ1v) is 8.02. The number of fused-ring (bicyclic) bond motifs is 1. The average molecular weight is 320 g/mol. The van der Waals surface area contributed by atoms with Gasteiger partial charge in [-0.25, -0.2) is 0 Å². The van der Waals surface area contributed by atoms with Crippen molar-refractivity contribution in [3.63, 3.8) is 0 Å². The number of nitrogens with zero attached hydrogens (tertiary/aromatic N) is 3. The third-order valence-corrected chi connectivity index (χ3v) is 4.32. The van der Waals surface area contributed by atoms with E-state index in [4.69, 9.17) is 16.3 Å². The number of morpholine rings is 1.